The van der Waals surface area contributed by atoms with Crippen LogP contribution in [0.3, 0.4) is 0 Å². The second-order valence-electron chi connectivity index (χ2n) is 5.29. The Kier molecular flexibility index (Phi) is 10.1. The monoisotopic (exact) mass is 264 g/mol. The molecule has 0 atom stereocenters. The van der Waals surface area contributed by atoms with Crippen molar-refractivity contribution in [1.29, 1.82) is 0 Å². The summed E-state index contributed by atoms with van der Waals surface area (Å²) in [6.07, 6.45) is 11.0. The van der Waals surface area contributed by atoms with E-state index in [1.165, 1.54) is 16.7 Å². The number of carbonyl (C=O) groups excluding carboxylic acids is 1. The lowest BCUT2D eigenvalue weighted by atomic mass is 10.1. The van der Waals surface area contributed by atoms with E-state index in [2.05, 4.69) is 19.1 Å². The molecule has 1 N–H and O–H groups in total. The molecule has 0 aliphatic carbocycles. The zero-order valence-corrected chi connectivity index (χ0v) is 12.8. The molecule has 0 aromatic carbocycles. The normalized spacial score (nSPS) is 13.8. The van der Waals surface area contributed by atoms with Crippen LogP contribution in [0.5, 0.6) is 0 Å². The largest absolute Gasteiger partial charge is 0.392 e. The van der Waals surface area contributed by atoms with Crippen LogP contribution in [0.4, 0.5) is 0 Å². The van der Waals surface area contributed by atoms with Crippen LogP contribution in [-0.4, -0.2) is 17.5 Å². The predicted molar refractivity (Wildman–Crippen MR) is 82.1 cm³/mol. The molecule has 0 aromatic heterocycles. The van der Waals surface area contributed by atoms with Crippen molar-refractivity contribution in [3.8, 4) is 0 Å². The quantitative estimate of drug-likeness (QED) is 0.628. The Morgan fingerprint density at radius 2 is 1.32 bits per heavy atom. The van der Waals surface area contributed by atoms with Crippen LogP contribution in [-0.2, 0) is 4.79 Å². The van der Waals surface area contributed by atoms with Crippen LogP contribution in [0, 0.1) is 0 Å². The SMILES string of the molecule is CC(=O)CC(C)=CCCC(C)=CCCC(C)=CCO. The summed E-state index contributed by atoms with van der Waals surface area (Å²) in [5, 5.41) is 8.75. The van der Waals surface area contributed by atoms with Crippen molar-refractivity contribution in [2.45, 2.75) is 59.8 Å². The Morgan fingerprint density at radius 1 is 0.842 bits per heavy atom. The summed E-state index contributed by atoms with van der Waals surface area (Å²) in [5.74, 6) is 0.229. The molecule has 0 amide bonds. The number of aliphatic hydroxyl groups is 1. The van der Waals surface area contributed by atoms with Gasteiger partial charge in [-0.3, -0.25) is 4.79 Å². The first-order valence-corrected chi connectivity index (χ1v) is 7.03. The molecule has 0 saturated carbocycles. The average Bonchev–Trinajstić information content (AvgIpc) is 2.28. The second kappa shape index (κ2) is 10.7. The molecule has 2 heteroatoms. The van der Waals surface area contributed by atoms with Crippen molar-refractivity contribution in [3.05, 3.63) is 34.9 Å². The zero-order chi connectivity index (χ0) is 14.7. The third-order valence-electron chi connectivity index (χ3n) is 3.03. The summed E-state index contributed by atoms with van der Waals surface area (Å²) in [5.41, 5.74) is 3.80. The third kappa shape index (κ3) is 11.7. The van der Waals surface area contributed by atoms with Crippen molar-refractivity contribution in [2.24, 2.45) is 0 Å². The average molecular weight is 264 g/mol. The van der Waals surface area contributed by atoms with Gasteiger partial charge < -0.3 is 5.11 Å². The molecule has 0 heterocycles. The number of ketones is 1. The minimum absolute atomic E-state index is 0.134. The maximum absolute atomic E-state index is 10.9. The second-order valence-corrected chi connectivity index (χ2v) is 5.29. The summed E-state index contributed by atoms with van der Waals surface area (Å²) in [4.78, 5) is 10.9. The van der Waals surface area contributed by atoms with Crippen molar-refractivity contribution in [1.82, 2.24) is 0 Å². The third-order valence-corrected chi connectivity index (χ3v) is 3.03. The van der Waals surface area contributed by atoms with Crippen LogP contribution < -0.4 is 0 Å². The van der Waals surface area contributed by atoms with E-state index < -0.39 is 0 Å². The number of aliphatic hydroxyl groups excluding tert-OH is 1. The first-order valence-electron chi connectivity index (χ1n) is 7.03. The van der Waals surface area contributed by atoms with Crippen molar-refractivity contribution in [3.63, 3.8) is 0 Å². The fourth-order valence-corrected chi connectivity index (χ4v) is 1.92. The van der Waals surface area contributed by atoms with E-state index in [0.717, 1.165) is 25.7 Å². The fraction of sp³-hybridized carbons (Fsp3) is 0.588. The summed E-state index contributed by atoms with van der Waals surface area (Å²) in [6, 6.07) is 0. The first kappa shape index (κ1) is 17.8. The molecule has 0 aliphatic rings. The van der Waals surface area contributed by atoms with E-state index in [-0.39, 0.29) is 12.4 Å². The van der Waals surface area contributed by atoms with Gasteiger partial charge in [0.2, 0.25) is 0 Å². The van der Waals surface area contributed by atoms with Gasteiger partial charge in [0.15, 0.2) is 0 Å². The van der Waals surface area contributed by atoms with Crippen molar-refractivity contribution >= 4 is 5.78 Å². The molecule has 0 bridgehead atoms. The van der Waals surface area contributed by atoms with E-state index in [0.29, 0.717) is 6.42 Å². The minimum Gasteiger partial charge on any atom is -0.392 e. The minimum atomic E-state index is 0.134. The molecule has 19 heavy (non-hydrogen) atoms. The molecule has 2 nitrogen and oxygen atoms in total. The van der Waals surface area contributed by atoms with Gasteiger partial charge >= 0.3 is 0 Å². The van der Waals surface area contributed by atoms with Gasteiger partial charge in [-0.05, 0) is 53.4 Å². The van der Waals surface area contributed by atoms with Gasteiger partial charge in [-0.2, -0.15) is 0 Å². The van der Waals surface area contributed by atoms with Gasteiger partial charge in [-0.25, -0.2) is 0 Å². The molecule has 0 aromatic rings. The molecule has 0 saturated heterocycles. The Balaban J connectivity index is 3.94. The van der Waals surface area contributed by atoms with Crippen LogP contribution in [0.1, 0.15) is 59.8 Å². The van der Waals surface area contributed by atoms with Crippen molar-refractivity contribution in [2.75, 3.05) is 6.61 Å². The summed E-state index contributed by atoms with van der Waals surface area (Å²) < 4.78 is 0. The van der Waals surface area contributed by atoms with Crippen LogP contribution in [0.2, 0.25) is 0 Å². The molecular weight excluding hydrogens is 236 g/mol. The van der Waals surface area contributed by atoms with Gasteiger partial charge in [0.25, 0.3) is 0 Å². The maximum Gasteiger partial charge on any atom is 0.133 e. The molecule has 0 unspecified atom stereocenters. The molecule has 0 aliphatic heterocycles. The van der Waals surface area contributed by atoms with E-state index in [4.69, 9.17) is 5.11 Å². The number of allylic oxidation sites excluding steroid dienone is 5. The van der Waals surface area contributed by atoms with Crippen LogP contribution in [0.25, 0.3) is 0 Å². The standard InChI is InChI=1S/C17H28O2/c1-14(7-5-9-15(2)11-12-18)8-6-10-16(3)13-17(4)19/h7,10-11,18H,5-6,8-9,12-13H2,1-4H3. The molecule has 0 spiro atoms. The topological polar surface area (TPSA) is 37.3 Å². The smallest absolute Gasteiger partial charge is 0.133 e. The fourth-order valence-electron chi connectivity index (χ4n) is 1.92. The van der Waals surface area contributed by atoms with E-state index >= 15 is 0 Å². The number of Topliss-reactive ketones (excluding diaryl/α,β-unsaturated/α-hetero) is 1. The Labute approximate surface area is 117 Å². The summed E-state index contributed by atoms with van der Waals surface area (Å²) in [7, 11) is 0. The molecule has 0 radical (unpaired) electrons. The lowest BCUT2D eigenvalue weighted by Gasteiger charge is -2.01. The molecule has 0 rings (SSSR count). The summed E-state index contributed by atoms with van der Waals surface area (Å²) in [6.45, 7) is 7.98. The van der Waals surface area contributed by atoms with E-state index in [9.17, 15) is 4.79 Å². The summed E-state index contributed by atoms with van der Waals surface area (Å²) >= 11 is 0. The highest BCUT2D eigenvalue weighted by Gasteiger charge is 1.95. The Morgan fingerprint density at radius 3 is 1.79 bits per heavy atom. The lowest BCUT2D eigenvalue weighted by molar-refractivity contribution is -0.116. The Hall–Kier alpha value is -1.15. The molecular formula is C17H28O2. The highest BCUT2D eigenvalue weighted by molar-refractivity contribution is 5.77. The Bertz CT molecular complexity index is 359. The lowest BCUT2D eigenvalue weighted by Crippen LogP contribution is -1.90. The van der Waals surface area contributed by atoms with E-state index in [1.807, 2.05) is 19.9 Å². The number of hydrogen-bond acceptors (Lipinski definition) is 2. The van der Waals surface area contributed by atoms with Gasteiger partial charge in [-0.15, -0.1) is 0 Å². The van der Waals surface area contributed by atoms with E-state index in [1.54, 1.807) is 6.92 Å². The highest BCUT2D eigenvalue weighted by Crippen LogP contribution is 2.12. The first-order chi connectivity index (χ1) is 8.95. The van der Waals surface area contributed by atoms with Crippen LogP contribution >= 0.6 is 0 Å². The highest BCUT2D eigenvalue weighted by atomic mass is 16.2. The van der Waals surface area contributed by atoms with Gasteiger partial charge in [-0.1, -0.05) is 34.9 Å². The zero-order valence-electron chi connectivity index (χ0n) is 12.8. The van der Waals surface area contributed by atoms with Crippen molar-refractivity contribution < 1.29 is 9.90 Å². The van der Waals surface area contributed by atoms with Gasteiger partial charge in [0, 0.05) is 6.42 Å². The number of hydrogen-bond donors (Lipinski definition) is 1. The van der Waals surface area contributed by atoms with Gasteiger partial charge in [0.1, 0.15) is 5.78 Å². The predicted octanol–water partition coefficient (Wildman–Crippen LogP) is 4.36. The van der Waals surface area contributed by atoms with Crippen LogP contribution in [0.15, 0.2) is 34.9 Å². The molecule has 0 fully saturated rings. The van der Waals surface area contributed by atoms with Gasteiger partial charge in [0.05, 0.1) is 6.61 Å². The number of rotatable bonds is 9. The molecule has 108 valence electrons. The number of carbonyl (C=O) groups is 1. The maximum atomic E-state index is 10.9.